The fraction of sp³-hybridized carbons (Fsp3) is 0.0952. The molecule has 1 amide bonds. The van der Waals surface area contributed by atoms with Crippen molar-refractivity contribution >= 4 is 44.7 Å². The van der Waals surface area contributed by atoms with Crippen molar-refractivity contribution in [1.29, 1.82) is 0 Å². The summed E-state index contributed by atoms with van der Waals surface area (Å²) in [5.74, 6) is -1.65. The number of nitrogens with one attached hydrogen (secondary N) is 1. The molecule has 2 aromatic carbocycles. The minimum atomic E-state index is -4.73. The van der Waals surface area contributed by atoms with Crippen LogP contribution >= 0.6 is 22.9 Å². The molecule has 0 aliphatic rings. The molecule has 0 saturated carbocycles. The molecular weight excluding hydrogens is 486 g/mol. The van der Waals surface area contributed by atoms with E-state index in [9.17, 15) is 31.9 Å². The van der Waals surface area contributed by atoms with Gasteiger partial charge in [0.25, 0.3) is 5.56 Å². The Morgan fingerprint density at radius 2 is 1.82 bits per heavy atom. The second-order valence-corrected chi connectivity index (χ2v) is 8.16. The monoisotopic (exact) mass is 497 g/mol. The highest BCUT2D eigenvalue weighted by molar-refractivity contribution is 7.17. The first-order valence-electron chi connectivity index (χ1n) is 9.22. The average Bonchev–Trinajstić information content (AvgIpc) is 3.23. The number of carbonyl (C=O) groups excluding carboxylic acids is 1. The number of amides is 1. The molecule has 2 heterocycles. The van der Waals surface area contributed by atoms with E-state index in [0.717, 1.165) is 28.0 Å². The average molecular weight is 498 g/mol. The highest BCUT2D eigenvalue weighted by atomic mass is 35.5. The van der Waals surface area contributed by atoms with E-state index in [-0.39, 0.29) is 21.6 Å². The normalized spacial score (nSPS) is 11.7. The van der Waals surface area contributed by atoms with Crippen LogP contribution < -0.4 is 16.6 Å². The van der Waals surface area contributed by atoms with Crippen LogP contribution in [0.5, 0.6) is 0 Å². The van der Waals surface area contributed by atoms with Crippen LogP contribution in [0.15, 0.2) is 63.5 Å². The predicted molar refractivity (Wildman–Crippen MR) is 117 cm³/mol. The lowest BCUT2D eigenvalue weighted by molar-refractivity contribution is -0.137. The maximum absolute atomic E-state index is 14.3. The van der Waals surface area contributed by atoms with E-state index in [1.807, 2.05) is 0 Å². The first-order valence-corrected chi connectivity index (χ1v) is 10.5. The van der Waals surface area contributed by atoms with Crippen molar-refractivity contribution in [2.45, 2.75) is 12.7 Å². The zero-order valence-corrected chi connectivity index (χ0v) is 17.9. The zero-order valence-electron chi connectivity index (χ0n) is 16.3. The van der Waals surface area contributed by atoms with Gasteiger partial charge in [-0.15, -0.1) is 11.3 Å². The molecule has 0 radical (unpaired) electrons. The van der Waals surface area contributed by atoms with Crippen LogP contribution in [0.4, 0.5) is 23.2 Å². The number of hydrogen-bond donors (Lipinski definition) is 1. The molecule has 1 N–H and O–H groups in total. The van der Waals surface area contributed by atoms with Gasteiger partial charge in [-0.25, -0.2) is 13.8 Å². The van der Waals surface area contributed by atoms with Gasteiger partial charge in [-0.1, -0.05) is 23.7 Å². The van der Waals surface area contributed by atoms with E-state index in [1.165, 1.54) is 35.7 Å². The molecule has 0 spiro atoms. The molecule has 6 nitrogen and oxygen atoms in total. The van der Waals surface area contributed by atoms with Crippen molar-refractivity contribution in [2.75, 3.05) is 5.32 Å². The van der Waals surface area contributed by atoms with E-state index in [4.69, 9.17) is 11.6 Å². The van der Waals surface area contributed by atoms with Gasteiger partial charge in [0.2, 0.25) is 5.91 Å². The predicted octanol–water partition coefficient (Wildman–Crippen LogP) is 4.66. The highest BCUT2D eigenvalue weighted by Crippen LogP contribution is 2.36. The van der Waals surface area contributed by atoms with Crippen LogP contribution in [0, 0.1) is 5.82 Å². The number of rotatable bonds is 4. The van der Waals surface area contributed by atoms with E-state index in [1.54, 1.807) is 0 Å². The highest BCUT2D eigenvalue weighted by Gasteiger charge is 2.33. The Labute approximate surface area is 191 Å². The van der Waals surface area contributed by atoms with Crippen molar-refractivity contribution in [3.05, 3.63) is 91.2 Å². The minimum absolute atomic E-state index is 0.108. The van der Waals surface area contributed by atoms with Gasteiger partial charge in [-0.3, -0.25) is 14.2 Å². The van der Waals surface area contributed by atoms with Crippen molar-refractivity contribution in [1.82, 2.24) is 9.13 Å². The lowest BCUT2D eigenvalue weighted by Crippen LogP contribution is -2.40. The molecule has 0 bridgehead atoms. The third-order valence-corrected chi connectivity index (χ3v) is 5.93. The molecule has 4 aromatic rings. The minimum Gasteiger partial charge on any atom is -0.325 e. The third-order valence-electron chi connectivity index (χ3n) is 4.71. The summed E-state index contributed by atoms with van der Waals surface area (Å²) < 4.78 is 55.2. The van der Waals surface area contributed by atoms with E-state index >= 15 is 0 Å². The van der Waals surface area contributed by atoms with Crippen molar-refractivity contribution in [3.63, 3.8) is 0 Å². The van der Waals surface area contributed by atoms with Crippen LogP contribution in [0.2, 0.25) is 5.02 Å². The molecule has 0 fully saturated rings. The summed E-state index contributed by atoms with van der Waals surface area (Å²) in [5, 5.41) is 3.28. The largest absolute Gasteiger partial charge is 0.417 e. The number of halogens is 5. The summed E-state index contributed by atoms with van der Waals surface area (Å²) >= 11 is 6.59. The van der Waals surface area contributed by atoms with Gasteiger partial charge >= 0.3 is 11.9 Å². The number of nitrogens with zero attached hydrogens (tertiary/aromatic N) is 2. The number of benzene rings is 2. The second-order valence-electron chi connectivity index (χ2n) is 6.84. The fourth-order valence-corrected chi connectivity index (χ4v) is 4.30. The zero-order chi connectivity index (χ0) is 23.9. The molecule has 33 heavy (non-hydrogen) atoms. The smallest absolute Gasteiger partial charge is 0.325 e. The third kappa shape index (κ3) is 4.29. The molecular formula is C21H12ClF4N3O3S. The van der Waals surface area contributed by atoms with Crippen LogP contribution in [0.25, 0.3) is 15.9 Å². The summed E-state index contributed by atoms with van der Waals surface area (Å²) in [5.41, 5.74) is -3.19. The van der Waals surface area contributed by atoms with Crippen LogP contribution in [0.3, 0.4) is 0 Å². The quantitative estimate of drug-likeness (QED) is 0.417. The Bertz CT molecular complexity index is 1510. The van der Waals surface area contributed by atoms with Gasteiger partial charge in [-0.2, -0.15) is 13.2 Å². The number of hydrogen-bond acceptors (Lipinski definition) is 4. The molecule has 170 valence electrons. The van der Waals surface area contributed by atoms with E-state index < -0.39 is 46.3 Å². The molecule has 0 unspecified atom stereocenters. The van der Waals surface area contributed by atoms with Gasteiger partial charge in [0.05, 0.1) is 21.8 Å². The van der Waals surface area contributed by atoms with Gasteiger partial charge in [0.15, 0.2) is 0 Å². The molecule has 2 aromatic heterocycles. The Morgan fingerprint density at radius 1 is 1.09 bits per heavy atom. The molecule has 0 saturated heterocycles. The topological polar surface area (TPSA) is 73.1 Å². The Balaban J connectivity index is 1.75. The summed E-state index contributed by atoms with van der Waals surface area (Å²) in [4.78, 5) is 38.5. The van der Waals surface area contributed by atoms with Gasteiger partial charge in [-0.05, 0) is 41.8 Å². The van der Waals surface area contributed by atoms with Crippen LogP contribution in [0.1, 0.15) is 5.56 Å². The number of para-hydroxylation sites is 1. The maximum atomic E-state index is 14.3. The number of alkyl halides is 3. The number of thiophene rings is 1. The second kappa shape index (κ2) is 8.49. The van der Waals surface area contributed by atoms with Gasteiger partial charge in [0, 0.05) is 5.69 Å². The first-order chi connectivity index (χ1) is 15.6. The fourth-order valence-electron chi connectivity index (χ4n) is 3.25. The molecule has 4 rings (SSSR count). The lowest BCUT2D eigenvalue weighted by atomic mass is 10.2. The van der Waals surface area contributed by atoms with Crippen LogP contribution in [-0.2, 0) is 17.5 Å². The Hall–Kier alpha value is -3.44. The summed E-state index contributed by atoms with van der Waals surface area (Å²) in [7, 11) is 0. The van der Waals surface area contributed by atoms with Crippen LogP contribution in [-0.4, -0.2) is 15.0 Å². The van der Waals surface area contributed by atoms with Crippen molar-refractivity contribution in [3.8, 4) is 5.69 Å². The maximum Gasteiger partial charge on any atom is 0.417 e. The summed E-state index contributed by atoms with van der Waals surface area (Å²) in [6, 6.07) is 9.44. The van der Waals surface area contributed by atoms with E-state index in [2.05, 4.69) is 5.32 Å². The number of aromatic nitrogens is 2. The molecule has 0 atom stereocenters. The summed E-state index contributed by atoms with van der Waals surface area (Å²) in [6.07, 6.45) is -4.73. The molecule has 0 aliphatic carbocycles. The molecule has 0 aliphatic heterocycles. The number of anilines is 1. The SMILES string of the molecule is O=C(Cn1c(=O)n(-c2ccccc2F)c(=O)c2sccc21)Nc1ccc(Cl)c(C(F)(F)F)c1. The lowest BCUT2D eigenvalue weighted by Gasteiger charge is -2.14. The van der Waals surface area contributed by atoms with Crippen molar-refractivity contribution < 1.29 is 22.4 Å². The standard InChI is InChI=1S/C21H12ClF4N3O3S/c22-13-6-5-11(9-12(13)21(24,25)26)27-17(30)10-28-16-7-8-33-18(16)19(31)29(20(28)32)15-4-2-1-3-14(15)23/h1-9H,10H2,(H,27,30). The van der Waals surface area contributed by atoms with Crippen molar-refractivity contribution in [2.24, 2.45) is 0 Å². The Kier molecular flexibility index (Phi) is 5.85. The summed E-state index contributed by atoms with van der Waals surface area (Å²) in [6.45, 7) is -0.634. The molecule has 12 heteroatoms. The van der Waals surface area contributed by atoms with Gasteiger partial charge in [0.1, 0.15) is 17.1 Å². The first kappa shape index (κ1) is 22.7. The van der Waals surface area contributed by atoms with Gasteiger partial charge < -0.3 is 5.32 Å². The Morgan fingerprint density at radius 3 is 2.52 bits per heavy atom. The van der Waals surface area contributed by atoms with E-state index in [0.29, 0.717) is 10.6 Å². The number of carbonyl (C=O) groups is 1. The number of fused-ring (bicyclic) bond motifs is 1.